The van der Waals surface area contributed by atoms with E-state index >= 15 is 0 Å². The molecule has 6 heteroatoms. The molecule has 0 bridgehead atoms. The Morgan fingerprint density at radius 2 is 1.81 bits per heavy atom. The van der Waals surface area contributed by atoms with Crippen LogP contribution in [0.15, 0.2) is 78.0 Å². The van der Waals surface area contributed by atoms with Gasteiger partial charge in [-0.1, -0.05) is 0 Å². The zero-order valence-corrected chi connectivity index (χ0v) is 14.7. The van der Waals surface area contributed by atoms with Gasteiger partial charge in [0.05, 0.1) is 17.9 Å². The fraction of sp³-hybridized carbons (Fsp3) is 0.0500. The Bertz CT molecular complexity index is 993. The average Bonchev–Trinajstić information content (AvgIpc) is 3.40. The maximum absolute atomic E-state index is 12.4. The van der Waals surface area contributed by atoms with E-state index in [0.717, 1.165) is 22.6 Å². The molecule has 0 atom stereocenters. The first-order valence-corrected chi connectivity index (χ1v) is 9.09. The summed E-state index contributed by atoms with van der Waals surface area (Å²) >= 11 is 1.61. The molecule has 5 nitrogen and oxygen atoms in total. The van der Waals surface area contributed by atoms with Crippen molar-refractivity contribution in [3.8, 4) is 16.9 Å². The second kappa shape index (κ2) is 7.33. The van der Waals surface area contributed by atoms with Gasteiger partial charge < -0.3 is 9.88 Å². The van der Waals surface area contributed by atoms with Gasteiger partial charge >= 0.3 is 0 Å². The van der Waals surface area contributed by atoms with Crippen LogP contribution in [-0.4, -0.2) is 20.4 Å². The van der Waals surface area contributed by atoms with Crippen LogP contribution in [0.25, 0.3) is 16.9 Å². The molecule has 0 unspecified atom stereocenters. The van der Waals surface area contributed by atoms with Gasteiger partial charge in [0.1, 0.15) is 0 Å². The van der Waals surface area contributed by atoms with Gasteiger partial charge in [-0.25, -0.2) is 0 Å². The van der Waals surface area contributed by atoms with Gasteiger partial charge in [-0.15, -0.1) is 0 Å². The first-order valence-electron chi connectivity index (χ1n) is 8.15. The molecule has 0 saturated carbocycles. The topological polar surface area (TPSA) is 59.8 Å². The third-order valence-electron chi connectivity index (χ3n) is 4.02. The maximum Gasteiger partial charge on any atom is 0.251 e. The van der Waals surface area contributed by atoms with Crippen LogP contribution in [0.2, 0.25) is 0 Å². The number of aromatic nitrogens is 3. The fourth-order valence-corrected chi connectivity index (χ4v) is 3.33. The Labute approximate surface area is 155 Å². The van der Waals surface area contributed by atoms with Crippen molar-refractivity contribution in [3.63, 3.8) is 0 Å². The van der Waals surface area contributed by atoms with Gasteiger partial charge in [0.25, 0.3) is 5.91 Å². The fourth-order valence-electron chi connectivity index (χ4n) is 2.69. The Morgan fingerprint density at radius 3 is 2.54 bits per heavy atom. The van der Waals surface area contributed by atoms with E-state index in [9.17, 15) is 4.79 Å². The molecule has 26 heavy (non-hydrogen) atoms. The number of amides is 1. The minimum Gasteiger partial charge on any atom is -0.346 e. The average molecular weight is 360 g/mol. The Morgan fingerprint density at radius 1 is 1.04 bits per heavy atom. The molecule has 0 spiro atoms. The summed E-state index contributed by atoms with van der Waals surface area (Å²) in [5.74, 6) is -0.133. The van der Waals surface area contributed by atoms with Crippen LogP contribution in [0.4, 0.5) is 0 Å². The number of nitrogens with one attached hydrogen (secondary N) is 1. The Kier molecular flexibility index (Phi) is 4.57. The number of carbonyl (C=O) groups excluding carboxylic acids is 1. The molecule has 3 aromatic heterocycles. The molecule has 4 rings (SSSR count). The molecule has 3 heterocycles. The molecule has 0 aliphatic heterocycles. The normalized spacial score (nSPS) is 10.6. The minimum absolute atomic E-state index is 0.133. The van der Waals surface area contributed by atoms with Crippen molar-refractivity contribution in [2.75, 3.05) is 0 Å². The highest BCUT2D eigenvalue weighted by Crippen LogP contribution is 2.22. The summed E-state index contributed by atoms with van der Waals surface area (Å²) in [6, 6.07) is 13.4. The van der Waals surface area contributed by atoms with Crippen LogP contribution in [-0.2, 0) is 6.54 Å². The van der Waals surface area contributed by atoms with Crippen LogP contribution < -0.4 is 5.32 Å². The van der Waals surface area contributed by atoms with Crippen molar-refractivity contribution >= 4 is 17.2 Å². The number of hydrogen-bond donors (Lipinski definition) is 1. The van der Waals surface area contributed by atoms with E-state index in [4.69, 9.17) is 0 Å². The SMILES string of the molecule is O=C(NCc1nccnc1-c1ccsc1)c1ccc(-n2cccc2)cc1. The molecule has 1 amide bonds. The molecule has 128 valence electrons. The van der Waals surface area contributed by atoms with Crippen LogP contribution >= 0.6 is 11.3 Å². The predicted octanol–water partition coefficient (Wildman–Crippen LogP) is 3.93. The summed E-state index contributed by atoms with van der Waals surface area (Å²) in [4.78, 5) is 21.2. The largest absolute Gasteiger partial charge is 0.346 e. The molecule has 0 fully saturated rings. The first-order chi connectivity index (χ1) is 12.8. The van der Waals surface area contributed by atoms with Gasteiger partial charge in [-0.3, -0.25) is 14.8 Å². The predicted molar refractivity (Wildman–Crippen MR) is 102 cm³/mol. The maximum atomic E-state index is 12.4. The number of hydrogen-bond acceptors (Lipinski definition) is 4. The second-order valence-corrected chi connectivity index (χ2v) is 6.46. The standard InChI is InChI=1S/C20H16N4OS/c25-20(15-3-5-17(6-4-15)24-10-1-2-11-24)23-13-18-19(22-9-8-21-18)16-7-12-26-14-16/h1-12,14H,13H2,(H,23,25). The minimum atomic E-state index is -0.133. The molecule has 0 aliphatic rings. The lowest BCUT2D eigenvalue weighted by atomic mass is 10.1. The zero-order chi connectivity index (χ0) is 17.8. The summed E-state index contributed by atoms with van der Waals surface area (Å²) in [5, 5.41) is 6.95. The molecule has 1 aromatic carbocycles. The van der Waals surface area contributed by atoms with Crippen LogP contribution in [0.5, 0.6) is 0 Å². The molecule has 1 N–H and O–H groups in total. The monoisotopic (exact) mass is 360 g/mol. The molecule has 4 aromatic rings. The van der Waals surface area contributed by atoms with E-state index in [2.05, 4.69) is 15.3 Å². The van der Waals surface area contributed by atoms with E-state index in [0.29, 0.717) is 12.1 Å². The van der Waals surface area contributed by atoms with Crippen molar-refractivity contribution in [1.82, 2.24) is 19.9 Å². The lowest BCUT2D eigenvalue weighted by molar-refractivity contribution is 0.0950. The molecule has 0 saturated heterocycles. The van der Waals surface area contributed by atoms with Crippen LogP contribution in [0.1, 0.15) is 16.1 Å². The smallest absolute Gasteiger partial charge is 0.251 e. The van der Waals surface area contributed by atoms with Crippen LogP contribution in [0.3, 0.4) is 0 Å². The number of rotatable bonds is 5. The van der Waals surface area contributed by atoms with Crippen molar-refractivity contribution in [3.05, 3.63) is 89.3 Å². The van der Waals surface area contributed by atoms with Crippen LogP contribution in [0, 0.1) is 0 Å². The third kappa shape index (κ3) is 3.41. The molecular formula is C20H16N4OS. The zero-order valence-electron chi connectivity index (χ0n) is 13.9. The second-order valence-electron chi connectivity index (χ2n) is 5.68. The Hall–Kier alpha value is -3.25. The summed E-state index contributed by atoms with van der Waals surface area (Å²) in [6.45, 7) is 0.331. The number of benzene rings is 1. The highest BCUT2D eigenvalue weighted by molar-refractivity contribution is 7.08. The van der Waals surface area contributed by atoms with Gasteiger partial charge in [0.2, 0.25) is 0 Å². The van der Waals surface area contributed by atoms with E-state index in [1.807, 2.05) is 70.2 Å². The van der Waals surface area contributed by atoms with Gasteiger partial charge in [0, 0.05) is 47.0 Å². The van der Waals surface area contributed by atoms with Gasteiger partial charge in [-0.05, 0) is 47.8 Å². The summed E-state index contributed by atoms with van der Waals surface area (Å²) in [6.07, 6.45) is 7.24. The summed E-state index contributed by atoms with van der Waals surface area (Å²) in [5.41, 5.74) is 4.20. The first kappa shape index (κ1) is 16.2. The van der Waals surface area contributed by atoms with Crippen molar-refractivity contribution in [2.24, 2.45) is 0 Å². The Balaban J connectivity index is 1.46. The van der Waals surface area contributed by atoms with E-state index in [-0.39, 0.29) is 5.91 Å². The lowest BCUT2D eigenvalue weighted by Crippen LogP contribution is -2.23. The van der Waals surface area contributed by atoms with Gasteiger partial charge in [-0.2, -0.15) is 11.3 Å². The van der Waals surface area contributed by atoms with E-state index < -0.39 is 0 Å². The molecule has 0 aliphatic carbocycles. The van der Waals surface area contributed by atoms with Crippen molar-refractivity contribution in [2.45, 2.75) is 6.54 Å². The van der Waals surface area contributed by atoms with E-state index in [1.54, 1.807) is 23.7 Å². The van der Waals surface area contributed by atoms with E-state index in [1.165, 1.54) is 0 Å². The number of thiophene rings is 1. The number of carbonyl (C=O) groups is 1. The summed E-state index contributed by atoms with van der Waals surface area (Å²) in [7, 11) is 0. The summed E-state index contributed by atoms with van der Waals surface area (Å²) < 4.78 is 1.99. The highest BCUT2D eigenvalue weighted by Gasteiger charge is 2.11. The molecule has 0 radical (unpaired) electrons. The van der Waals surface area contributed by atoms with Crippen molar-refractivity contribution in [1.29, 1.82) is 0 Å². The lowest BCUT2D eigenvalue weighted by Gasteiger charge is -2.09. The highest BCUT2D eigenvalue weighted by atomic mass is 32.1. The quantitative estimate of drug-likeness (QED) is 0.587. The van der Waals surface area contributed by atoms with Crippen molar-refractivity contribution < 1.29 is 4.79 Å². The van der Waals surface area contributed by atoms with Gasteiger partial charge in [0.15, 0.2) is 0 Å². The number of nitrogens with zero attached hydrogens (tertiary/aromatic N) is 3. The third-order valence-corrected chi connectivity index (χ3v) is 4.70. The molecular weight excluding hydrogens is 344 g/mol.